The number of carbonyl (C=O) groups excluding carboxylic acids is 1. The molecule has 140 valence electrons. The van der Waals surface area contributed by atoms with Gasteiger partial charge in [-0.15, -0.1) is 0 Å². The molecule has 6 heteroatoms. The lowest BCUT2D eigenvalue weighted by Gasteiger charge is -2.14. The van der Waals surface area contributed by atoms with Gasteiger partial charge in [0.05, 0.1) is 13.7 Å². The highest BCUT2D eigenvalue weighted by molar-refractivity contribution is 6.31. The lowest BCUT2D eigenvalue weighted by Crippen LogP contribution is -2.17. The molecule has 0 radical (unpaired) electrons. The van der Waals surface area contributed by atoms with E-state index in [2.05, 4.69) is 10.6 Å². The Bertz CT molecular complexity index is 745. The summed E-state index contributed by atoms with van der Waals surface area (Å²) in [5.41, 5.74) is 2.61. The van der Waals surface area contributed by atoms with Crippen LogP contribution in [0, 0.1) is 5.92 Å². The number of anilines is 2. The maximum Gasteiger partial charge on any atom is 0.226 e. The summed E-state index contributed by atoms with van der Waals surface area (Å²) in [7, 11) is 1.60. The monoisotopic (exact) mass is 376 g/mol. The van der Waals surface area contributed by atoms with Crippen molar-refractivity contribution in [2.45, 2.75) is 27.3 Å². The van der Waals surface area contributed by atoms with Gasteiger partial charge in [0.1, 0.15) is 0 Å². The van der Waals surface area contributed by atoms with Crippen molar-refractivity contribution in [2.75, 3.05) is 24.4 Å². The van der Waals surface area contributed by atoms with Gasteiger partial charge in [0, 0.05) is 34.9 Å². The summed E-state index contributed by atoms with van der Waals surface area (Å²) in [5.74, 6) is 1.23. The van der Waals surface area contributed by atoms with E-state index in [9.17, 15) is 4.79 Å². The predicted octanol–water partition coefficient (Wildman–Crippen LogP) is 4.95. The number of hydrogen-bond acceptors (Lipinski definition) is 4. The second kappa shape index (κ2) is 9.34. The van der Waals surface area contributed by atoms with E-state index < -0.39 is 0 Å². The molecule has 0 aliphatic carbocycles. The summed E-state index contributed by atoms with van der Waals surface area (Å²) >= 11 is 6.35. The highest BCUT2D eigenvalue weighted by Crippen LogP contribution is 2.33. The van der Waals surface area contributed by atoms with Crippen LogP contribution >= 0.6 is 11.6 Å². The summed E-state index contributed by atoms with van der Waals surface area (Å²) < 4.78 is 10.9. The van der Waals surface area contributed by atoms with E-state index in [0.29, 0.717) is 29.7 Å². The number of amides is 1. The van der Waals surface area contributed by atoms with Gasteiger partial charge in [-0.3, -0.25) is 4.79 Å². The maximum atomic E-state index is 11.7. The van der Waals surface area contributed by atoms with Crippen molar-refractivity contribution in [2.24, 2.45) is 5.92 Å². The second-order valence-corrected chi connectivity index (χ2v) is 6.51. The summed E-state index contributed by atoms with van der Waals surface area (Å²) in [5, 5.41) is 6.79. The molecule has 0 aromatic heterocycles. The van der Waals surface area contributed by atoms with Gasteiger partial charge in [-0.25, -0.2) is 0 Å². The zero-order chi connectivity index (χ0) is 19.1. The summed E-state index contributed by atoms with van der Waals surface area (Å²) in [6, 6.07) is 11.2. The fourth-order valence-electron chi connectivity index (χ4n) is 2.30. The SMILES string of the molecule is CCOc1cc(Cl)c(CNc2ccc(NC(=O)C(C)C)cc2)cc1OC. The minimum atomic E-state index is -0.0513. The van der Waals surface area contributed by atoms with Crippen LogP contribution in [0.25, 0.3) is 0 Å². The fraction of sp³-hybridized carbons (Fsp3) is 0.350. The van der Waals surface area contributed by atoms with Gasteiger partial charge in [-0.05, 0) is 42.8 Å². The van der Waals surface area contributed by atoms with Crippen LogP contribution < -0.4 is 20.1 Å². The van der Waals surface area contributed by atoms with Crippen LogP contribution in [0.5, 0.6) is 11.5 Å². The fourth-order valence-corrected chi connectivity index (χ4v) is 2.52. The molecule has 0 aliphatic heterocycles. The highest BCUT2D eigenvalue weighted by Gasteiger charge is 2.11. The Labute approximate surface area is 159 Å². The maximum absolute atomic E-state index is 11.7. The lowest BCUT2D eigenvalue weighted by atomic mass is 10.2. The van der Waals surface area contributed by atoms with E-state index in [1.54, 1.807) is 13.2 Å². The van der Waals surface area contributed by atoms with Gasteiger partial charge in [-0.1, -0.05) is 25.4 Å². The first kappa shape index (κ1) is 19.9. The summed E-state index contributed by atoms with van der Waals surface area (Å²) in [6.07, 6.45) is 0. The molecule has 0 saturated heterocycles. The first-order valence-electron chi connectivity index (χ1n) is 8.58. The van der Waals surface area contributed by atoms with Gasteiger partial charge < -0.3 is 20.1 Å². The quantitative estimate of drug-likeness (QED) is 0.684. The Morgan fingerprint density at radius 2 is 1.77 bits per heavy atom. The standard InChI is InChI=1S/C20H25ClN2O3/c1-5-26-19-11-17(21)14(10-18(19)25-4)12-22-15-6-8-16(9-7-15)23-20(24)13(2)3/h6-11,13,22H,5,12H2,1-4H3,(H,23,24). The Kier molecular flexibility index (Phi) is 7.16. The predicted molar refractivity (Wildman–Crippen MR) is 106 cm³/mol. The van der Waals surface area contributed by atoms with Crippen molar-refractivity contribution in [1.29, 1.82) is 0 Å². The molecule has 0 bridgehead atoms. The lowest BCUT2D eigenvalue weighted by molar-refractivity contribution is -0.118. The summed E-state index contributed by atoms with van der Waals surface area (Å²) in [6.45, 7) is 6.72. The van der Waals surface area contributed by atoms with E-state index in [1.165, 1.54) is 0 Å². The first-order valence-corrected chi connectivity index (χ1v) is 8.96. The van der Waals surface area contributed by atoms with Gasteiger partial charge in [0.2, 0.25) is 5.91 Å². The number of carbonyl (C=O) groups is 1. The normalized spacial score (nSPS) is 10.5. The summed E-state index contributed by atoms with van der Waals surface area (Å²) in [4.78, 5) is 11.7. The molecule has 0 heterocycles. The molecule has 5 nitrogen and oxygen atoms in total. The molecule has 0 fully saturated rings. The van der Waals surface area contributed by atoms with Gasteiger partial charge in [0.25, 0.3) is 0 Å². The Hall–Kier alpha value is -2.40. The molecule has 2 aromatic rings. The number of nitrogens with one attached hydrogen (secondary N) is 2. The molecule has 2 rings (SSSR count). The molecule has 0 unspecified atom stereocenters. The average Bonchev–Trinajstić information content (AvgIpc) is 2.62. The minimum Gasteiger partial charge on any atom is -0.493 e. The minimum absolute atomic E-state index is 0.000950. The van der Waals surface area contributed by atoms with Gasteiger partial charge in [-0.2, -0.15) is 0 Å². The third kappa shape index (κ3) is 5.30. The van der Waals surface area contributed by atoms with Crippen LogP contribution in [-0.4, -0.2) is 19.6 Å². The van der Waals surface area contributed by atoms with Crippen LogP contribution in [0.4, 0.5) is 11.4 Å². The van der Waals surface area contributed by atoms with Crippen molar-refractivity contribution in [1.82, 2.24) is 0 Å². The molecule has 26 heavy (non-hydrogen) atoms. The van der Waals surface area contributed by atoms with Crippen molar-refractivity contribution >= 4 is 28.9 Å². The number of rotatable bonds is 8. The molecule has 0 aliphatic rings. The number of methoxy groups -OCH3 is 1. The first-order chi connectivity index (χ1) is 12.4. The van der Waals surface area contributed by atoms with E-state index >= 15 is 0 Å². The Morgan fingerprint density at radius 1 is 1.12 bits per heavy atom. The average molecular weight is 377 g/mol. The Balaban J connectivity index is 2.03. The van der Waals surface area contributed by atoms with E-state index in [1.807, 2.05) is 51.1 Å². The molecular formula is C20H25ClN2O3. The van der Waals surface area contributed by atoms with Gasteiger partial charge in [0.15, 0.2) is 11.5 Å². The third-order valence-electron chi connectivity index (χ3n) is 3.79. The van der Waals surface area contributed by atoms with Crippen molar-refractivity contribution in [3.63, 3.8) is 0 Å². The van der Waals surface area contributed by atoms with E-state index in [0.717, 1.165) is 16.9 Å². The number of halogens is 1. The second-order valence-electron chi connectivity index (χ2n) is 6.10. The van der Waals surface area contributed by atoms with Crippen molar-refractivity contribution in [3.05, 3.63) is 47.0 Å². The molecule has 1 amide bonds. The molecule has 2 N–H and O–H groups in total. The number of ether oxygens (including phenoxy) is 2. The van der Waals surface area contributed by atoms with Crippen molar-refractivity contribution < 1.29 is 14.3 Å². The van der Waals surface area contributed by atoms with Gasteiger partial charge >= 0.3 is 0 Å². The van der Waals surface area contributed by atoms with Crippen LogP contribution in [0.1, 0.15) is 26.3 Å². The Morgan fingerprint density at radius 3 is 2.35 bits per heavy atom. The molecule has 2 aromatic carbocycles. The largest absolute Gasteiger partial charge is 0.493 e. The van der Waals surface area contributed by atoms with Crippen LogP contribution in [-0.2, 0) is 11.3 Å². The molecule has 0 atom stereocenters. The zero-order valence-corrected chi connectivity index (χ0v) is 16.3. The van der Waals surface area contributed by atoms with Crippen LogP contribution in [0.2, 0.25) is 5.02 Å². The zero-order valence-electron chi connectivity index (χ0n) is 15.6. The highest BCUT2D eigenvalue weighted by atomic mass is 35.5. The smallest absolute Gasteiger partial charge is 0.226 e. The van der Waals surface area contributed by atoms with E-state index in [-0.39, 0.29) is 11.8 Å². The van der Waals surface area contributed by atoms with Crippen LogP contribution in [0.15, 0.2) is 36.4 Å². The molecular weight excluding hydrogens is 352 g/mol. The number of benzene rings is 2. The van der Waals surface area contributed by atoms with E-state index in [4.69, 9.17) is 21.1 Å². The molecule has 0 saturated carbocycles. The third-order valence-corrected chi connectivity index (χ3v) is 4.14. The number of hydrogen-bond donors (Lipinski definition) is 2. The topological polar surface area (TPSA) is 59.6 Å². The molecule has 0 spiro atoms. The van der Waals surface area contributed by atoms with Crippen LogP contribution in [0.3, 0.4) is 0 Å². The van der Waals surface area contributed by atoms with Crippen molar-refractivity contribution in [3.8, 4) is 11.5 Å².